The number of methoxy groups -OCH3 is 1. The van der Waals surface area contributed by atoms with Gasteiger partial charge < -0.3 is 15.2 Å². The normalized spacial score (nSPS) is 17.5. The second-order valence-corrected chi connectivity index (χ2v) is 6.14. The summed E-state index contributed by atoms with van der Waals surface area (Å²) in [4.78, 5) is 24.0. The van der Waals surface area contributed by atoms with E-state index in [9.17, 15) is 36.6 Å². The number of carbonyl (C=O) groups excluding carboxylic acids is 1. The number of esters is 1. The summed E-state index contributed by atoms with van der Waals surface area (Å²) in [6.07, 6.45) is -5.19. The SMILES string of the molecule is COC(=O)C1=C(C)NC(CF)=C(C(=O)O)C1c1c(F)ccc(Cl)c1C(F)(F)F. The van der Waals surface area contributed by atoms with Crippen molar-refractivity contribution in [2.24, 2.45) is 0 Å². The fourth-order valence-electron chi connectivity index (χ4n) is 3.06. The van der Waals surface area contributed by atoms with Crippen LogP contribution in [0.25, 0.3) is 0 Å². The summed E-state index contributed by atoms with van der Waals surface area (Å²) >= 11 is 5.63. The molecule has 0 saturated heterocycles. The molecule has 0 aromatic heterocycles. The minimum absolute atomic E-state index is 0.179. The molecule has 0 spiro atoms. The van der Waals surface area contributed by atoms with Crippen molar-refractivity contribution in [3.8, 4) is 0 Å². The third kappa shape index (κ3) is 3.68. The van der Waals surface area contributed by atoms with E-state index in [1.165, 1.54) is 6.92 Å². The molecule has 2 rings (SSSR count). The maximum Gasteiger partial charge on any atom is 0.418 e. The molecule has 0 radical (unpaired) electrons. The first-order valence-electron chi connectivity index (χ1n) is 7.59. The molecule has 1 aromatic rings. The van der Waals surface area contributed by atoms with Gasteiger partial charge >= 0.3 is 18.1 Å². The van der Waals surface area contributed by atoms with Crippen LogP contribution in [0.3, 0.4) is 0 Å². The van der Waals surface area contributed by atoms with Gasteiger partial charge in [0.25, 0.3) is 0 Å². The van der Waals surface area contributed by atoms with Gasteiger partial charge in [0.1, 0.15) is 12.5 Å². The predicted molar refractivity (Wildman–Crippen MR) is 87.6 cm³/mol. The number of halogens is 6. The van der Waals surface area contributed by atoms with Crippen molar-refractivity contribution in [2.45, 2.75) is 19.0 Å². The Hall–Kier alpha value is -2.62. The summed E-state index contributed by atoms with van der Waals surface area (Å²) in [6, 6.07) is 1.26. The highest BCUT2D eigenvalue weighted by Gasteiger charge is 2.46. The Bertz CT molecular complexity index is 908. The Labute approximate surface area is 160 Å². The molecule has 0 saturated carbocycles. The molecule has 1 aliphatic rings. The minimum atomic E-state index is -5.19. The maximum atomic E-state index is 14.6. The fourth-order valence-corrected chi connectivity index (χ4v) is 3.33. The quantitative estimate of drug-likeness (QED) is 0.564. The van der Waals surface area contributed by atoms with Gasteiger partial charge in [0, 0.05) is 11.3 Å². The van der Waals surface area contributed by atoms with Crippen LogP contribution in [0, 0.1) is 5.82 Å². The van der Waals surface area contributed by atoms with Gasteiger partial charge in [0.05, 0.1) is 40.5 Å². The number of allylic oxidation sites excluding steroid dienone is 2. The second-order valence-electron chi connectivity index (χ2n) is 5.73. The third-order valence-corrected chi connectivity index (χ3v) is 4.44. The zero-order chi connectivity index (χ0) is 21.4. The van der Waals surface area contributed by atoms with Crippen molar-refractivity contribution in [3.05, 3.63) is 56.6 Å². The number of ether oxygens (including phenoxy) is 1. The Morgan fingerprint density at radius 3 is 2.36 bits per heavy atom. The van der Waals surface area contributed by atoms with Crippen molar-refractivity contribution >= 4 is 23.5 Å². The van der Waals surface area contributed by atoms with Gasteiger partial charge in [0.15, 0.2) is 0 Å². The summed E-state index contributed by atoms with van der Waals surface area (Å²) in [5.74, 6) is -6.62. The number of carboxylic acid groups (broad SMARTS) is 1. The van der Waals surface area contributed by atoms with Crippen LogP contribution in [0.15, 0.2) is 34.7 Å². The van der Waals surface area contributed by atoms with Crippen molar-refractivity contribution in [2.75, 3.05) is 13.8 Å². The van der Waals surface area contributed by atoms with Gasteiger partial charge in [0.2, 0.25) is 0 Å². The van der Waals surface area contributed by atoms with Gasteiger partial charge in [-0.25, -0.2) is 18.4 Å². The van der Waals surface area contributed by atoms with Gasteiger partial charge in [-0.1, -0.05) is 11.6 Å². The number of rotatable bonds is 4. The third-order valence-electron chi connectivity index (χ3n) is 4.13. The van der Waals surface area contributed by atoms with E-state index in [4.69, 9.17) is 11.6 Å². The number of nitrogens with one attached hydrogen (secondary N) is 1. The molecule has 1 heterocycles. The number of alkyl halides is 4. The van der Waals surface area contributed by atoms with Crippen LogP contribution in [-0.4, -0.2) is 30.8 Å². The highest BCUT2D eigenvalue weighted by atomic mass is 35.5. The van der Waals surface area contributed by atoms with Crippen LogP contribution in [0.2, 0.25) is 5.02 Å². The van der Waals surface area contributed by atoms with E-state index in [0.29, 0.717) is 12.1 Å². The number of dihydropyridines is 1. The van der Waals surface area contributed by atoms with Gasteiger partial charge in [-0.15, -0.1) is 0 Å². The standard InChI is InChI=1S/C17H13ClF5NO4/c1-6-10(16(27)28-2)13(12(15(25)26)9(5-19)24-6)11-8(20)4-3-7(18)14(11)17(21,22)23/h3-4,13,24H,5H2,1-2H3,(H,25,26). The van der Waals surface area contributed by atoms with Crippen LogP contribution in [0.5, 0.6) is 0 Å². The number of aliphatic carboxylic acids is 1. The van der Waals surface area contributed by atoms with Crippen molar-refractivity contribution in [1.29, 1.82) is 0 Å². The van der Waals surface area contributed by atoms with Crippen LogP contribution in [0.1, 0.15) is 24.0 Å². The average Bonchev–Trinajstić information content (AvgIpc) is 2.60. The van der Waals surface area contributed by atoms with Crippen LogP contribution >= 0.6 is 11.6 Å². The summed E-state index contributed by atoms with van der Waals surface area (Å²) in [7, 11) is 0.910. The second kappa shape index (κ2) is 7.78. The van der Waals surface area contributed by atoms with E-state index in [0.717, 1.165) is 7.11 Å². The van der Waals surface area contributed by atoms with Gasteiger partial charge in [-0.3, -0.25) is 0 Å². The lowest BCUT2D eigenvalue weighted by Gasteiger charge is -2.31. The Kier molecular flexibility index (Phi) is 6.03. The number of hydrogen-bond acceptors (Lipinski definition) is 4. The van der Waals surface area contributed by atoms with Crippen LogP contribution < -0.4 is 5.32 Å². The Balaban J connectivity index is 3.01. The summed E-state index contributed by atoms with van der Waals surface area (Å²) in [6.45, 7) is -0.212. The summed E-state index contributed by atoms with van der Waals surface area (Å²) in [5.41, 5.74) is -5.22. The van der Waals surface area contributed by atoms with Crippen molar-refractivity contribution in [1.82, 2.24) is 5.32 Å². The number of benzene rings is 1. The van der Waals surface area contributed by atoms with E-state index in [1.807, 2.05) is 0 Å². The monoisotopic (exact) mass is 425 g/mol. The molecule has 152 valence electrons. The first kappa shape index (κ1) is 21.7. The molecule has 1 unspecified atom stereocenters. The summed E-state index contributed by atoms with van der Waals surface area (Å²) < 4.78 is 73.4. The van der Waals surface area contributed by atoms with E-state index in [2.05, 4.69) is 10.1 Å². The molecule has 1 aromatic carbocycles. The molecule has 2 N–H and O–H groups in total. The van der Waals surface area contributed by atoms with E-state index in [1.54, 1.807) is 0 Å². The van der Waals surface area contributed by atoms with Crippen molar-refractivity contribution < 1.29 is 41.4 Å². The highest BCUT2D eigenvalue weighted by molar-refractivity contribution is 6.31. The number of carboxylic acids is 1. The molecule has 5 nitrogen and oxygen atoms in total. The van der Waals surface area contributed by atoms with Gasteiger partial charge in [-0.05, 0) is 19.1 Å². The first-order valence-corrected chi connectivity index (χ1v) is 7.96. The van der Waals surface area contributed by atoms with Crippen molar-refractivity contribution in [3.63, 3.8) is 0 Å². The van der Waals surface area contributed by atoms with Gasteiger partial charge in [-0.2, -0.15) is 13.2 Å². The molecule has 0 amide bonds. The highest BCUT2D eigenvalue weighted by Crippen LogP contribution is 2.47. The fraction of sp³-hybridized carbons (Fsp3) is 0.294. The molecule has 1 atom stereocenters. The molecule has 0 fully saturated rings. The van der Waals surface area contributed by atoms with E-state index in [-0.39, 0.29) is 5.70 Å². The molecule has 0 bridgehead atoms. The minimum Gasteiger partial charge on any atom is -0.478 e. The largest absolute Gasteiger partial charge is 0.478 e. The maximum absolute atomic E-state index is 14.6. The Morgan fingerprint density at radius 2 is 1.89 bits per heavy atom. The lowest BCUT2D eigenvalue weighted by Crippen LogP contribution is -2.34. The number of hydrogen-bond donors (Lipinski definition) is 2. The molecular formula is C17H13ClF5NO4. The van der Waals surface area contributed by atoms with E-state index < -0.39 is 69.5 Å². The smallest absolute Gasteiger partial charge is 0.418 e. The molecular weight excluding hydrogens is 413 g/mol. The summed E-state index contributed by atoms with van der Waals surface area (Å²) in [5, 5.41) is 10.9. The van der Waals surface area contributed by atoms with Crippen LogP contribution in [0.4, 0.5) is 22.0 Å². The molecule has 11 heteroatoms. The number of carbonyl (C=O) groups is 2. The zero-order valence-corrected chi connectivity index (χ0v) is 15.1. The van der Waals surface area contributed by atoms with E-state index >= 15 is 0 Å². The van der Waals surface area contributed by atoms with Crippen LogP contribution in [-0.2, 0) is 20.5 Å². The lowest BCUT2D eigenvalue weighted by atomic mass is 9.78. The molecule has 1 aliphatic heterocycles. The zero-order valence-electron chi connectivity index (χ0n) is 14.4. The average molecular weight is 426 g/mol. The predicted octanol–water partition coefficient (Wildman–Crippen LogP) is 3.94. The lowest BCUT2D eigenvalue weighted by molar-refractivity contribution is -0.140. The molecule has 28 heavy (non-hydrogen) atoms. The Morgan fingerprint density at radius 1 is 1.29 bits per heavy atom. The molecule has 0 aliphatic carbocycles. The topological polar surface area (TPSA) is 75.6 Å². The first-order chi connectivity index (χ1) is 12.9.